The Morgan fingerprint density at radius 2 is 2.09 bits per heavy atom. The molecular formula is C16H21N3O2S. The predicted molar refractivity (Wildman–Crippen MR) is 83.5 cm³/mol. The Morgan fingerprint density at radius 1 is 1.32 bits per heavy atom. The molecule has 22 heavy (non-hydrogen) atoms. The van der Waals surface area contributed by atoms with Crippen LogP contribution in [0.5, 0.6) is 0 Å². The highest BCUT2D eigenvalue weighted by Gasteiger charge is 2.43. The number of fused-ring (bicyclic) bond motifs is 1. The second-order valence-electron chi connectivity index (χ2n) is 6.43. The lowest BCUT2D eigenvalue weighted by molar-refractivity contribution is 0.260. The lowest BCUT2D eigenvalue weighted by Gasteiger charge is -2.29. The van der Waals surface area contributed by atoms with Crippen molar-refractivity contribution in [3.63, 3.8) is 0 Å². The summed E-state index contributed by atoms with van der Waals surface area (Å²) in [5.74, 6) is 0.668. The number of hydrogen-bond donors (Lipinski definition) is 1. The van der Waals surface area contributed by atoms with E-state index < -0.39 is 10.0 Å². The van der Waals surface area contributed by atoms with Crippen LogP contribution in [0, 0.1) is 30.1 Å². The number of hydrogen-bond acceptors (Lipinski definition) is 4. The third-order valence-electron chi connectivity index (χ3n) is 5.08. The zero-order valence-corrected chi connectivity index (χ0v) is 13.5. The maximum atomic E-state index is 12.8. The topological polar surface area (TPSA) is 87.2 Å². The fourth-order valence-electron chi connectivity index (χ4n) is 3.74. The molecule has 0 radical (unpaired) electrons. The SMILES string of the molecule is Cc1cc(S(=O)(=O)N2CC3CCCC(N)C3C2)ccc1C#N. The van der Waals surface area contributed by atoms with Crippen molar-refractivity contribution in [2.75, 3.05) is 13.1 Å². The molecule has 3 rings (SSSR count). The smallest absolute Gasteiger partial charge is 0.243 e. The van der Waals surface area contributed by atoms with Crippen LogP contribution in [-0.2, 0) is 10.0 Å². The average molecular weight is 319 g/mol. The summed E-state index contributed by atoms with van der Waals surface area (Å²) in [7, 11) is -3.50. The summed E-state index contributed by atoms with van der Waals surface area (Å²) in [5, 5.41) is 8.97. The first-order valence-electron chi connectivity index (χ1n) is 7.70. The Morgan fingerprint density at radius 3 is 2.73 bits per heavy atom. The fourth-order valence-corrected chi connectivity index (χ4v) is 5.36. The number of nitriles is 1. The maximum Gasteiger partial charge on any atom is 0.243 e. The molecule has 2 fully saturated rings. The van der Waals surface area contributed by atoms with Crippen molar-refractivity contribution in [3.05, 3.63) is 29.3 Å². The largest absolute Gasteiger partial charge is 0.327 e. The normalized spacial score (nSPS) is 29.0. The van der Waals surface area contributed by atoms with Crippen molar-refractivity contribution in [1.29, 1.82) is 5.26 Å². The van der Waals surface area contributed by atoms with Crippen molar-refractivity contribution in [2.45, 2.75) is 37.1 Å². The molecule has 1 heterocycles. The zero-order chi connectivity index (χ0) is 15.9. The standard InChI is InChI=1S/C16H21N3O2S/c1-11-7-14(6-5-12(11)8-17)22(20,21)19-9-13-3-2-4-16(18)15(13)10-19/h5-7,13,15-16H,2-4,9-10,18H2,1H3. The summed E-state index contributed by atoms with van der Waals surface area (Å²) in [4.78, 5) is 0.274. The summed E-state index contributed by atoms with van der Waals surface area (Å²) in [6, 6.07) is 6.88. The maximum absolute atomic E-state index is 12.8. The second kappa shape index (κ2) is 5.65. The summed E-state index contributed by atoms with van der Waals surface area (Å²) in [6.07, 6.45) is 3.15. The minimum absolute atomic E-state index is 0.113. The van der Waals surface area contributed by atoms with Gasteiger partial charge in [-0.25, -0.2) is 8.42 Å². The molecule has 1 aromatic rings. The molecule has 6 heteroatoms. The van der Waals surface area contributed by atoms with Gasteiger partial charge in [0.1, 0.15) is 0 Å². The van der Waals surface area contributed by atoms with E-state index >= 15 is 0 Å². The first-order valence-corrected chi connectivity index (χ1v) is 9.14. The summed E-state index contributed by atoms with van der Waals surface area (Å²) in [6.45, 7) is 2.85. The van der Waals surface area contributed by atoms with Gasteiger partial charge in [-0.1, -0.05) is 6.42 Å². The lowest BCUT2D eigenvalue weighted by atomic mass is 9.78. The van der Waals surface area contributed by atoms with Gasteiger partial charge in [0.2, 0.25) is 10.0 Å². The summed E-state index contributed by atoms with van der Waals surface area (Å²) in [5.41, 5.74) is 7.37. The van der Waals surface area contributed by atoms with Gasteiger partial charge in [0, 0.05) is 19.1 Å². The van der Waals surface area contributed by atoms with Crippen LogP contribution in [0.1, 0.15) is 30.4 Å². The molecule has 3 atom stereocenters. The van der Waals surface area contributed by atoms with E-state index in [2.05, 4.69) is 6.07 Å². The predicted octanol–water partition coefficient (Wildman–Crippen LogP) is 1.61. The number of nitrogens with two attached hydrogens (primary N) is 1. The minimum Gasteiger partial charge on any atom is -0.327 e. The summed E-state index contributed by atoms with van der Waals surface area (Å²) >= 11 is 0. The van der Waals surface area contributed by atoms with Crippen LogP contribution in [0.3, 0.4) is 0 Å². The Kier molecular flexibility index (Phi) is 3.98. The number of rotatable bonds is 2. The molecule has 0 amide bonds. The van der Waals surface area contributed by atoms with E-state index in [0.717, 1.165) is 19.3 Å². The van der Waals surface area contributed by atoms with Crippen LogP contribution in [0.2, 0.25) is 0 Å². The van der Waals surface area contributed by atoms with Gasteiger partial charge in [-0.3, -0.25) is 0 Å². The van der Waals surface area contributed by atoms with E-state index in [0.29, 0.717) is 30.1 Å². The van der Waals surface area contributed by atoms with Gasteiger partial charge in [0.25, 0.3) is 0 Å². The molecule has 2 aliphatic rings. The van der Waals surface area contributed by atoms with E-state index in [1.165, 1.54) is 6.07 Å². The van der Waals surface area contributed by atoms with Gasteiger partial charge in [-0.05, 0) is 55.4 Å². The molecule has 1 aromatic carbocycles. The van der Waals surface area contributed by atoms with Gasteiger partial charge < -0.3 is 5.73 Å². The van der Waals surface area contributed by atoms with Crippen LogP contribution >= 0.6 is 0 Å². The van der Waals surface area contributed by atoms with Gasteiger partial charge in [-0.2, -0.15) is 9.57 Å². The molecule has 0 spiro atoms. The van der Waals surface area contributed by atoms with Crippen molar-refractivity contribution in [1.82, 2.24) is 4.31 Å². The first kappa shape index (κ1) is 15.5. The van der Waals surface area contributed by atoms with Crippen LogP contribution in [0.4, 0.5) is 0 Å². The highest BCUT2D eigenvalue weighted by atomic mass is 32.2. The molecule has 2 N–H and O–H groups in total. The minimum atomic E-state index is -3.50. The monoisotopic (exact) mass is 319 g/mol. The first-order chi connectivity index (χ1) is 10.4. The van der Waals surface area contributed by atoms with Crippen LogP contribution < -0.4 is 5.73 Å². The Labute approximate surface area is 131 Å². The van der Waals surface area contributed by atoms with Crippen molar-refractivity contribution < 1.29 is 8.42 Å². The van der Waals surface area contributed by atoms with Gasteiger partial charge in [0.15, 0.2) is 0 Å². The molecular weight excluding hydrogens is 298 g/mol. The molecule has 1 saturated carbocycles. The highest BCUT2D eigenvalue weighted by Crippen LogP contribution is 2.37. The molecule has 0 aromatic heterocycles. The van der Waals surface area contributed by atoms with E-state index in [-0.39, 0.29) is 16.9 Å². The van der Waals surface area contributed by atoms with E-state index in [9.17, 15) is 8.42 Å². The fraction of sp³-hybridized carbons (Fsp3) is 0.562. The Balaban J connectivity index is 1.88. The van der Waals surface area contributed by atoms with Gasteiger partial charge in [0.05, 0.1) is 16.5 Å². The second-order valence-corrected chi connectivity index (χ2v) is 8.37. The van der Waals surface area contributed by atoms with E-state index in [4.69, 9.17) is 11.0 Å². The summed E-state index contributed by atoms with van der Waals surface area (Å²) < 4.78 is 27.3. The molecule has 3 unspecified atom stereocenters. The highest BCUT2D eigenvalue weighted by molar-refractivity contribution is 7.89. The Hall–Kier alpha value is -1.42. The third-order valence-corrected chi connectivity index (χ3v) is 6.90. The van der Waals surface area contributed by atoms with E-state index in [1.807, 2.05) is 0 Å². The number of benzene rings is 1. The molecule has 1 saturated heterocycles. The van der Waals surface area contributed by atoms with Gasteiger partial charge >= 0.3 is 0 Å². The third kappa shape index (κ3) is 2.54. The molecule has 118 valence electrons. The molecule has 1 aliphatic heterocycles. The van der Waals surface area contributed by atoms with Crippen molar-refractivity contribution >= 4 is 10.0 Å². The molecule has 0 bridgehead atoms. The average Bonchev–Trinajstić information content (AvgIpc) is 2.93. The van der Waals surface area contributed by atoms with Crippen LogP contribution in [0.25, 0.3) is 0 Å². The van der Waals surface area contributed by atoms with Crippen molar-refractivity contribution in [2.24, 2.45) is 17.6 Å². The van der Waals surface area contributed by atoms with E-state index in [1.54, 1.807) is 23.4 Å². The van der Waals surface area contributed by atoms with Crippen LogP contribution in [0.15, 0.2) is 23.1 Å². The molecule has 5 nitrogen and oxygen atoms in total. The number of aryl methyl sites for hydroxylation is 1. The van der Waals surface area contributed by atoms with Crippen molar-refractivity contribution in [3.8, 4) is 6.07 Å². The molecule has 1 aliphatic carbocycles. The van der Waals surface area contributed by atoms with Crippen LogP contribution in [-0.4, -0.2) is 31.9 Å². The lowest BCUT2D eigenvalue weighted by Crippen LogP contribution is -2.38. The zero-order valence-electron chi connectivity index (χ0n) is 12.7. The Bertz CT molecular complexity index is 723. The van der Waals surface area contributed by atoms with Gasteiger partial charge in [-0.15, -0.1) is 0 Å². The number of sulfonamides is 1. The number of nitrogens with zero attached hydrogens (tertiary/aromatic N) is 2. The quantitative estimate of drug-likeness (QED) is 0.897.